The Kier molecular flexibility index (Phi) is 5.54. The predicted molar refractivity (Wildman–Crippen MR) is 120 cm³/mol. The predicted octanol–water partition coefficient (Wildman–Crippen LogP) is 4.39. The van der Waals surface area contributed by atoms with Gasteiger partial charge in [-0.25, -0.2) is 9.59 Å². The number of aryl methyl sites for hydroxylation is 2. The van der Waals surface area contributed by atoms with E-state index in [1.54, 1.807) is 18.7 Å². The maximum absolute atomic E-state index is 13.2. The monoisotopic (exact) mass is 437 g/mol. The first-order valence-corrected chi connectivity index (χ1v) is 11.1. The van der Waals surface area contributed by atoms with Gasteiger partial charge in [0.2, 0.25) is 5.88 Å². The molecule has 0 bridgehead atoms. The van der Waals surface area contributed by atoms with Crippen molar-refractivity contribution < 1.29 is 18.7 Å². The van der Waals surface area contributed by atoms with Crippen molar-refractivity contribution in [3.63, 3.8) is 0 Å². The first-order valence-electron chi connectivity index (χ1n) is 9.92. The van der Waals surface area contributed by atoms with Gasteiger partial charge in [-0.1, -0.05) is 18.2 Å². The molecule has 0 aliphatic carbocycles. The maximum Gasteiger partial charge on any atom is 0.344 e. The fourth-order valence-electron chi connectivity index (χ4n) is 3.85. The van der Waals surface area contributed by atoms with Crippen molar-refractivity contribution in [2.45, 2.75) is 31.6 Å². The van der Waals surface area contributed by atoms with E-state index < -0.39 is 17.5 Å². The molecule has 31 heavy (non-hydrogen) atoms. The fourth-order valence-corrected chi connectivity index (χ4v) is 4.26. The number of ether oxygens (including phenoxy) is 2. The highest BCUT2D eigenvalue weighted by Crippen LogP contribution is 2.44. The van der Waals surface area contributed by atoms with E-state index in [4.69, 9.17) is 19.6 Å². The lowest BCUT2D eigenvalue weighted by Crippen LogP contribution is -2.31. The van der Waals surface area contributed by atoms with E-state index in [1.807, 2.05) is 56.5 Å². The van der Waals surface area contributed by atoms with Crippen LogP contribution in [0.25, 0.3) is 11.0 Å². The molecule has 3 aromatic rings. The van der Waals surface area contributed by atoms with Crippen LogP contribution >= 0.6 is 11.8 Å². The normalized spacial score (nSPS) is 15.5. The summed E-state index contributed by atoms with van der Waals surface area (Å²) < 4.78 is 16.9. The number of nitrogens with two attached hydrogens (primary N) is 1. The minimum atomic E-state index is -0.763. The van der Waals surface area contributed by atoms with Crippen molar-refractivity contribution in [3.8, 4) is 5.75 Å². The molecule has 6 nitrogen and oxygen atoms in total. The summed E-state index contributed by atoms with van der Waals surface area (Å²) in [5, 5.41) is 0.634. The number of carbonyl (C=O) groups is 1. The number of thioether (sulfide) groups is 1. The molecule has 0 amide bonds. The van der Waals surface area contributed by atoms with Gasteiger partial charge in [-0.05, 0) is 61.9 Å². The molecule has 160 valence electrons. The number of fused-ring (bicyclic) bond motifs is 3. The summed E-state index contributed by atoms with van der Waals surface area (Å²) in [5.41, 5.74) is 9.03. The molecular formula is C24H23NO5S. The average molecular weight is 438 g/mol. The highest BCUT2D eigenvalue weighted by molar-refractivity contribution is 7.98. The van der Waals surface area contributed by atoms with Crippen molar-refractivity contribution in [2.24, 2.45) is 5.73 Å². The largest absolute Gasteiger partial charge is 0.462 e. The second-order valence-electron chi connectivity index (χ2n) is 7.32. The first-order chi connectivity index (χ1) is 14.9. The third-order valence-corrected chi connectivity index (χ3v) is 6.32. The van der Waals surface area contributed by atoms with E-state index in [2.05, 4.69) is 0 Å². The molecule has 0 saturated heterocycles. The van der Waals surface area contributed by atoms with E-state index in [0.717, 1.165) is 21.6 Å². The van der Waals surface area contributed by atoms with Gasteiger partial charge in [-0.2, -0.15) is 0 Å². The van der Waals surface area contributed by atoms with E-state index in [0.29, 0.717) is 16.7 Å². The van der Waals surface area contributed by atoms with Crippen LogP contribution in [0.1, 0.15) is 35.1 Å². The van der Waals surface area contributed by atoms with Crippen LogP contribution in [-0.2, 0) is 9.53 Å². The van der Waals surface area contributed by atoms with Crippen LogP contribution in [0.15, 0.2) is 62.0 Å². The van der Waals surface area contributed by atoms with Crippen LogP contribution in [0.5, 0.6) is 5.75 Å². The zero-order valence-corrected chi connectivity index (χ0v) is 18.6. The Balaban J connectivity index is 2.04. The van der Waals surface area contributed by atoms with Gasteiger partial charge in [0.05, 0.1) is 23.5 Å². The Labute approximate surface area is 184 Å². The van der Waals surface area contributed by atoms with Gasteiger partial charge < -0.3 is 19.6 Å². The highest BCUT2D eigenvalue weighted by atomic mass is 32.2. The van der Waals surface area contributed by atoms with Gasteiger partial charge in [-0.15, -0.1) is 11.8 Å². The van der Waals surface area contributed by atoms with Gasteiger partial charge >= 0.3 is 11.6 Å². The fraction of sp³-hybridized carbons (Fsp3) is 0.250. The molecule has 2 heterocycles. The van der Waals surface area contributed by atoms with E-state index in [1.165, 1.54) is 0 Å². The second kappa shape index (κ2) is 8.15. The molecule has 0 saturated carbocycles. The number of benzene rings is 2. The molecule has 1 aliphatic rings. The van der Waals surface area contributed by atoms with E-state index in [-0.39, 0.29) is 23.6 Å². The molecule has 2 N–H and O–H groups in total. The molecule has 2 aromatic carbocycles. The summed E-state index contributed by atoms with van der Waals surface area (Å²) in [6.45, 7) is 5.71. The Bertz CT molecular complexity index is 1270. The quantitative estimate of drug-likeness (QED) is 0.368. The summed E-state index contributed by atoms with van der Waals surface area (Å²) in [6, 6.07) is 11.4. The molecule has 0 unspecified atom stereocenters. The van der Waals surface area contributed by atoms with Crippen molar-refractivity contribution in [1.82, 2.24) is 0 Å². The van der Waals surface area contributed by atoms with Crippen LogP contribution in [0.4, 0.5) is 0 Å². The van der Waals surface area contributed by atoms with Crippen molar-refractivity contribution in [1.29, 1.82) is 0 Å². The van der Waals surface area contributed by atoms with Crippen molar-refractivity contribution in [2.75, 3.05) is 12.9 Å². The molecule has 0 radical (unpaired) electrons. The molecule has 4 rings (SSSR count). The SMILES string of the molecule is CCOC(=O)C1=C(N)Oc2c(c(=O)oc3c(C)c(C)ccc23)[C@@H]1c1ccc(SC)cc1. The maximum atomic E-state index is 13.2. The number of rotatable bonds is 4. The Morgan fingerprint density at radius 1 is 1.16 bits per heavy atom. The van der Waals surface area contributed by atoms with Gasteiger partial charge in [-0.3, -0.25) is 0 Å². The van der Waals surface area contributed by atoms with Gasteiger partial charge in [0.25, 0.3) is 0 Å². The van der Waals surface area contributed by atoms with Crippen LogP contribution in [0.3, 0.4) is 0 Å². The zero-order chi connectivity index (χ0) is 22.3. The number of carbonyl (C=O) groups excluding carboxylic acids is 1. The molecule has 1 aliphatic heterocycles. The summed E-state index contributed by atoms with van der Waals surface area (Å²) in [5.74, 6) is -1.14. The lowest BCUT2D eigenvalue weighted by atomic mass is 9.83. The van der Waals surface area contributed by atoms with Crippen LogP contribution in [-0.4, -0.2) is 18.8 Å². The Morgan fingerprint density at radius 2 is 1.87 bits per heavy atom. The summed E-state index contributed by atoms with van der Waals surface area (Å²) in [6.07, 6.45) is 1.98. The van der Waals surface area contributed by atoms with Crippen LogP contribution in [0, 0.1) is 13.8 Å². The Morgan fingerprint density at radius 3 is 2.52 bits per heavy atom. The average Bonchev–Trinajstić information content (AvgIpc) is 2.76. The lowest BCUT2D eigenvalue weighted by molar-refractivity contribution is -0.139. The van der Waals surface area contributed by atoms with E-state index >= 15 is 0 Å². The van der Waals surface area contributed by atoms with E-state index in [9.17, 15) is 9.59 Å². The third-order valence-electron chi connectivity index (χ3n) is 5.58. The third kappa shape index (κ3) is 3.49. The minimum Gasteiger partial charge on any atom is -0.462 e. The van der Waals surface area contributed by atoms with Crippen molar-refractivity contribution in [3.05, 3.63) is 80.5 Å². The van der Waals surface area contributed by atoms with Gasteiger partial charge in [0.15, 0.2) is 5.75 Å². The standard InChI is InChI=1S/C24H23NO5S/c1-5-28-23(26)19-17(14-7-9-15(31-4)10-8-14)18-21(29-22(19)25)16-11-6-12(2)13(3)20(16)30-24(18)27/h6-11,17H,5,25H2,1-4H3/t17-/m0/s1. The van der Waals surface area contributed by atoms with Crippen LogP contribution < -0.4 is 16.1 Å². The van der Waals surface area contributed by atoms with Gasteiger partial charge in [0.1, 0.15) is 11.2 Å². The number of hydrogen-bond donors (Lipinski definition) is 1. The summed E-state index contributed by atoms with van der Waals surface area (Å²) in [4.78, 5) is 27.1. The first kappa shape index (κ1) is 21.1. The van der Waals surface area contributed by atoms with Gasteiger partial charge in [0, 0.05) is 4.90 Å². The summed E-state index contributed by atoms with van der Waals surface area (Å²) >= 11 is 1.60. The molecule has 1 atom stereocenters. The minimum absolute atomic E-state index is 0.0741. The molecule has 0 spiro atoms. The number of esters is 1. The number of hydrogen-bond acceptors (Lipinski definition) is 7. The molecule has 0 fully saturated rings. The molecular weight excluding hydrogens is 414 g/mol. The lowest BCUT2D eigenvalue weighted by Gasteiger charge is -2.28. The molecule has 1 aromatic heterocycles. The Hall–Kier alpha value is -3.19. The second-order valence-corrected chi connectivity index (χ2v) is 8.20. The smallest absolute Gasteiger partial charge is 0.344 e. The topological polar surface area (TPSA) is 91.8 Å². The van der Waals surface area contributed by atoms with Crippen molar-refractivity contribution >= 4 is 28.7 Å². The van der Waals surface area contributed by atoms with Crippen LogP contribution in [0.2, 0.25) is 0 Å². The summed E-state index contributed by atoms with van der Waals surface area (Å²) in [7, 11) is 0. The highest BCUT2D eigenvalue weighted by Gasteiger charge is 2.39. The molecule has 7 heteroatoms. The zero-order valence-electron chi connectivity index (χ0n) is 17.8.